The summed E-state index contributed by atoms with van der Waals surface area (Å²) in [6.45, 7) is 0. The molecule has 0 aliphatic heterocycles. The van der Waals surface area contributed by atoms with Crippen LogP contribution >= 0.6 is 33.9 Å². The van der Waals surface area contributed by atoms with Crippen molar-refractivity contribution in [2.24, 2.45) is 0 Å². The summed E-state index contributed by atoms with van der Waals surface area (Å²) in [6.07, 6.45) is 0.993. The summed E-state index contributed by atoms with van der Waals surface area (Å²) >= 11 is 4.16. The average Bonchev–Trinajstić information content (AvgIpc) is 2.83. The highest BCUT2D eigenvalue weighted by Crippen LogP contribution is 2.25. The fraction of sp³-hybridized carbons (Fsp3) is 0.286. The fourth-order valence-corrected chi connectivity index (χ4v) is 3.32. The molecule has 0 aliphatic rings. The number of thiophene rings is 1. The van der Waals surface area contributed by atoms with Gasteiger partial charge in [0.05, 0.1) is 9.99 Å². The molecule has 96 valence electrons. The Morgan fingerprint density at radius 3 is 2.56 bits per heavy atom. The van der Waals surface area contributed by atoms with Crippen LogP contribution in [0.5, 0.6) is 5.75 Å². The molecule has 0 radical (unpaired) electrons. The van der Waals surface area contributed by atoms with Crippen molar-refractivity contribution in [2.75, 3.05) is 14.2 Å². The SMILES string of the molecule is CNC(Cc1ccc(OC)cc1)c1csc(I)c1. The van der Waals surface area contributed by atoms with Gasteiger partial charge in [0.2, 0.25) is 0 Å². The third-order valence-corrected chi connectivity index (χ3v) is 4.74. The van der Waals surface area contributed by atoms with Gasteiger partial charge >= 0.3 is 0 Å². The predicted molar refractivity (Wildman–Crippen MR) is 85.5 cm³/mol. The smallest absolute Gasteiger partial charge is 0.118 e. The molecule has 1 N–H and O–H groups in total. The van der Waals surface area contributed by atoms with Crippen LogP contribution in [0.4, 0.5) is 0 Å². The largest absolute Gasteiger partial charge is 0.497 e. The van der Waals surface area contributed by atoms with Crippen LogP contribution in [0.1, 0.15) is 17.2 Å². The number of likely N-dealkylation sites (N-methyl/N-ethyl adjacent to an activating group) is 1. The van der Waals surface area contributed by atoms with E-state index >= 15 is 0 Å². The first-order chi connectivity index (χ1) is 8.72. The first-order valence-corrected chi connectivity index (χ1v) is 7.73. The van der Waals surface area contributed by atoms with Crippen molar-refractivity contribution in [3.05, 3.63) is 49.7 Å². The quantitative estimate of drug-likeness (QED) is 0.804. The monoisotopic (exact) mass is 373 g/mol. The normalized spacial score (nSPS) is 12.4. The van der Waals surface area contributed by atoms with E-state index in [9.17, 15) is 0 Å². The number of methoxy groups -OCH3 is 1. The van der Waals surface area contributed by atoms with E-state index in [1.54, 1.807) is 18.4 Å². The van der Waals surface area contributed by atoms with Crippen molar-refractivity contribution in [1.82, 2.24) is 5.32 Å². The van der Waals surface area contributed by atoms with E-state index in [2.05, 4.69) is 51.5 Å². The standard InChI is InChI=1S/C14H16INOS/c1-16-13(11-8-14(15)18-9-11)7-10-3-5-12(17-2)6-4-10/h3-6,8-9,13,16H,7H2,1-2H3. The molecule has 0 aliphatic carbocycles. The zero-order valence-corrected chi connectivity index (χ0v) is 13.4. The molecule has 2 nitrogen and oxygen atoms in total. The van der Waals surface area contributed by atoms with Gasteiger partial charge in [0.25, 0.3) is 0 Å². The molecule has 0 bridgehead atoms. The van der Waals surface area contributed by atoms with Crippen molar-refractivity contribution in [3.63, 3.8) is 0 Å². The molecule has 1 atom stereocenters. The fourth-order valence-electron chi connectivity index (χ4n) is 1.89. The van der Waals surface area contributed by atoms with E-state index in [0.717, 1.165) is 12.2 Å². The second-order valence-electron chi connectivity index (χ2n) is 4.08. The molecule has 1 unspecified atom stereocenters. The lowest BCUT2D eigenvalue weighted by Gasteiger charge is -2.15. The second kappa shape index (κ2) is 6.54. The number of ether oxygens (including phenoxy) is 1. The Bertz CT molecular complexity index is 495. The van der Waals surface area contributed by atoms with E-state index < -0.39 is 0 Å². The zero-order valence-electron chi connectivity index (χ0n) is 10.4. The average molecular weight is 373 g/mol. The summed E-state index contributed by atoms with van der Waals surface area (Å²) < 4.78 is 6.50. The molecule has 1 aromatic carbocycles. The van der Waals surface area contributed by atoms with E-state index in [4.69, 9.17) is 4.74 Å². The molecule has 0 saturated heterocycles. The minimum absolute atomic E-state index is 0.373. The second-order valence-corrected chi connectivity index (χ2v) is 6.88. The van der Waals surface area contributed by atoms with Gasteiger partial charge in [-0.25, -0.2) is 0 Å². The Labute approximate surface area is 126 Å². The van der Waals surface area contributed by atoms with Crippen LogP contribution in [0.3, 0.4) is 0 Å². The molecule has 18 heavy (non-hydrogen) atoms. The molecule has 2 rings (SSSR count). The van der Waals surface area contributed by atoms with Crippen molar-refractivity contribution in [1.29, 1.82) is 0 Å². The number of benzene rings is 1. The van der Waals surface area contributed by atoms with Crippen LogP contribution in [0.15, 0.2) is 35.7 Å². The van der Waals surface area contributed by atoms with E-state index in [-0.39, 0.29) is 0 Å². The lowest BCUT2D eigenvalue weighted by Crippen LogP contribution is -2.18. The van der Waals surface area contributed by atoms with Gasteiger partial charge in [0, 0.05) is 6.04 Å². The molecule has 4 heteroatoms. The highest BCUT2D eigenvalue weighted by Gasteiger charge is 2.11. The van der Waals surface area contributed by atoms with Gasteiger partial charge in [0.1, 0.15) is 5.75 Å². The van der Waals surface area contributed by atoms with Crippen LogP contribution in [0.25, 0.3) is 0 Å². The van der Waals surface area contributed by atoms with E-state index in [1.807, 2.05) is 19.2 Å². The van der Waals surface area contributed by atoms with Gasteiger partial charge in [-0.2, -0.15) is 0 Å². The molecule has 1 aromatic heterocycles. The number of halogens is 1. The van der Waals surface area contributed by atoms with Gasteiger partial charge in [-0.1, -0.05) is 12.1 Å². The summed E-state index contributed by atoms with van der Waals surface area (Å²) in [7, 11) is 3.71. The van der Waals surface area contributed by atoms with Crippen molar-refractivity contribution < 1.29 is 4.74 Å². The summed E-state index contributed by atoms with van der Waals surface area (Å²) in [5, 5.41) is 5.61. The number of rotatable bonds is 5. The lowest BCUT2D eigenvalue weighted by atomic mass is 10.0. The molecular weight excluding hydrogens is 357 g/mol. The highest BCUT2D eigenvalue weighted by atomic mass is 127. The summed E-state index contributed by atoms with van der Waals surface area (Å²) in [4.78, 5) is 0. The Kier molecular flexibility index (Phi) is 5.03. The first-order valence-electron chi connectivity index (χ1n) is 5.77. The Morgan fingerprint density at radius 2 is 2.06 bits per heavy atom. The number of hydrogen-bond donors (Lipinski definition) is 1. The molecule has 1 heterocycles. The third-order valence-electron chi connectivity index (χ3n) is 2.94. The lowest BCUT2D eigenvalue weighted by molar-refractivity contribution is 0.414. The molecule has 0 fully saturated rings. The first kappa shape index (κ1) is 13.8. The van der Waals surface area contributed by atoms with Gasteiger partial charge in [-0.3, -0.25) is 0 Å². The van der Waals surface area contributed by atoms with Crippen LogP contribution in [0.2, 0.25) is 0 Å². The number of nitrogens with one attached hydrogen (secondary N) is 1. The Hall–Kier alpha value is -0.590. The maximum Gasteiger partial charge on any atom is 0.118 e. The Balaban J connectivity index is 2.10. The van der Waals surface area contributed by atoms with Crippen molar-refractivity contribution >= 4 is 33.9 Å². The van der Waals surface area contributed by atoms with Crippen LogP contribution in [0, 0.1) is 2.88 Å². The van der Waals surface area contributed by atoms with Crippen molar-refractivity contribution in [2.45, 2.75) is 12.5 Å². The predicted octanol–water partition coefficient (Wildman–Crippen LogP) is 3.86. The van der Waals surface area contributed by atoms with Gasteiger partial charge in [-0.05, 0) is 70.8 Å². The van der Waals surface area contributed by atoms with Crippen LogP contribution in [-0.4, -0.2) is 14.2 Å². The molecule has 0 spiro atoms. The third kappa shape index (κ3) is 3.46. The topological polar surface area (TPSA) is 21.3 Å². The van der Waals surface area contributed by atoms with Gasteiger partial charge < -0.3 is 10.1 Å². The summed E-state index contributed by atoms with van der Waals surface area (Å²) in [5.41, 5.74) is 2.68. The van der Waals surface area contributed by atoms with Crippen LogP contribution < -0.4 is 10.1 Å². The highest BCUT2D eigenvalue weighted by molar-refractivity contribution is 14.1. The maximum absolute atomic E-state index is 5.17. The summed E-state index contributed by atoms with van der Waals surface area (Å²) in [6, 6.07) is 10.9. The van der Waals surface area contributed by atoms with Crippen molar-refractivity contribution in [3.8, 4) is 5.75 Å². The van der Waals surface area contributed by atoms with E-state index in [0.29, 0.717) is 6.04 Å². The summed E-state index contributed by atoms with van der Waals surface area (Å²) in [5.74, 6) is 0.907. The van der Waals surface area contributed by atoms with Crippen LogP contribution in [-0.2, 0) is 6.42 Å². The number of hydrogen-bond acceptors (Lipinski definition) is 3. The molecule has 0 saturated carbocycles. The molecular formula is C14H16INOS. The van der Waals surface area contributed by atoms with Gasteiger partial charge in [0.15, 0.2) is 0 Å². The maximum atomic E-state index is 5.17. The molecule has 0 amide bonds. The van der Waals surface area contributed by atoms with Gasteiger partial charge in [-0.15, -0.1) is 11.3 Å². The zero-order chi connectivity index (χ0) is 13.0. The minimum atomic E-state index is 0.373. The van der Waals surface area contributed by atoms with E-state index in [1.165, 1.54) is 14.0 Å². The molecule has 2 aromatic rings. The minimum Gasteiger partial charge on any atom is -0.497 e. The Morgan fingerprint density at radius 1 is 1.33 bits per heavy atom.